The quantitative estimate of drug-likeness (QED) is 0.411. The van der Waals surface area contributed by atoms with Crippen LogP contribution in [0.15, 0.2) is 0 Å². The van der Waals surface area contributed by atoms with Crippen molar-refractivity contribution in [2.75, 3.05) is 12.5 Å². The minimum absolute atomic E-state index is 0.373. The minimum atomic E-state index is -2.47. The van der Waals surface area contributed by atoms with Gasteiger partial charge in [-0.15, -0.1) is 23.5 Å². The first kappa shape index (κ1) is 18.9. The molecule has 0 amide bonds. The molecule has 0 N–H and O–H groups in total. The van der Waals surface area contributed by atoms with Crippen LogP contribution in [0.25, 0.3) is 0 Å². The van der Waals surface area contributed by atoms with E-state index < -0.39 is 8.25 Å². The van der Waals surface area contributed by atoms with Crippen molar-refractivity contribution in [3.8, 4) is 0 Å². The maximum atomic E-state index is 12.1. The summed E-state index contributed by atoms with van der Waals surface area (Å²) >= 11 is 3.22. The first-order valence-corrected chi connectivity index (χ1v) is 10.2. The molecular formula is C12H27O3PS2. The van der Waals surface area contributed by atoms with Gasteiger partial charge < -0.3 is 0 Å². The second-order valence-electron chi connectivity index (χ2n) is 4.10. The lowest BCUT2D eigenvalue weighted by atomic mass is 10.2. The van der Waals surface area contributed by atoms with E-state index >= 15 is 0 Å². The third-order valence-corrected chi connectivity index (χ3v) is 7.66. The Kier molecular flexibility index (Phi) is 9.33. The van der Waals surface area contributed by atoms with Crippen molar-refractivity contribution in [3.05, 3.63) is 0 Å². The first-order valence-electron chi connectivity index (χ1n) is 6.49. The Morgan fingerprint density at radius 1 is 0.833 bits per heavy atom. The van der Waals surface area contributed by atoms with Gasteiger partial charge in [-0.05, 0) is 38.2 Å². The van der Waals surface area contributed by atoms with Gasteiger partial charge in [-0.25, -0.2) is 0 Å². The molecule has 0 fully saturated rings. The summed E-state index contributed by atoms with van der Waals surface area (Å²) < 4.78 is 23.6. The van der Waals surface area contributed by atoms with Crippen molar-refractivity contribution in [2.45, 2.75) is 63.2 Å². The lowest BCUT2D eigenvalue weighted by Crippen LogP contribution is -2.27. The summed E-state index contributed by atoms with van der Waals surface area (Å²) in [5.41, 5.74) is 0. The molecule has 0 aromatic rings. The van der Waals surface area contributed by atoms with Gasteiger partial charge >= 0.3 is 8.25 Å². The Labute approximate surface area is 121 Å². The molecule has 18 heavy (non-hydrogen) atoms. The van der Waals surface area contributed by atoms with Gasteiger partial charge in [0.15, 0.2) is 0 Å². The monoisotopic (exact) mass is 314 g/mol. The largest absolute Gasteiger partial charge is 0.321 e. The molecule has 6 heteroatoms. The summed E-state index contributed by atoms with van der Waals surface area (Å²) in [5, 5.41) is 0. The van der Waals surface area contributed by atoms with Crippen molar-refractivity contribution in [3.63, 3.8) is 0 Å². The smallest absolute Gasteiger partial charge is 0.293 e. The molecular weight excluding hydrogens is 287 g/mol. The Balaban J connectivity index is 4.67. The van der Waals surface area contributed by atoms with Crippen LogP contribution in [0, 0.1) is 0 Å². The topological polar surface area (TPSA) is 35.5 Å². The molecule has 0 aromatic heterocycles. The second-order valence-corrected chi connectivity index (χ2v) is 7.31. The Morgan fingerprint density at radius 2 is 1.11 bits per heavy atom. The number of hydrogen-bond donors (Lipinski definition) is 0. The zero-order valence-electron chi connectivity index (χ0n) is 12.4. The summed E-state index contributed by atoms with van der Waals surface area (Å²) in [4.78, 5) is -0.747. The number of hydrogen-bond acceptors (Lipinski definition) is 5. The summed E-state index contributed by atoms with van der Waals surface area (Å²) in [6, 6.07) is 0. The average molecular weight is 314 g/mol. The molecule has 0 unspecified atom stereocenters. The Hall–Kier alpha value is 0.850. The highest BCUT2D eigenvalue weighted by molar-refractivity contribution is 8.00. The summed E-state index contributed by atoms with van der Waals surface area (Å²) in [6.45, 7) is 8.21. The van der Waals surface area contributed by atoms with Gasteiger partial charge in [0.2, 0.25) is 0 Å². The highest BCUT2D eigenvalue weighted by Gasteiger charge is 2.33. The molecule has 0 aliphatic carbocycles. The van der Waals surface area contributed by atoms with E-state index in [1.807, 2.05) is 12.5 Å². The Bertz CT molecular complexity index is 213. The lowest BCUT2D eigenvalue weighted by molar-refractivity contribution is 0.0885. The van der Waals surface area contributed by atoms with Crippen LogP contribution in [0.1, 0.15) is 53.4 Å². The van der Waals surface area contributed by atoms with Crippen LogP contribution >= 0.6 is 31.8 Å². The fourth-order valence-corrected chi connectivity index (χ4v) is 5.23. The normalized spacial score (nSPS) is 13.3. The predicted octanol–water partition coefficient (Wildman–Crippen LogP) is 5.17. The van der Waals surface area contributed by atoms with E-state index in [9.17, 15) is 4.57 Å². The molecule has 0 rings (SSSR count). The van der Waals surface area contributed by atoms with Crippen LogP contribution in [-0.4, -0.2) is 22.4 Å². The first-order chi connectivity index (χ1) is 8.46. The van der Waals surface area contributed by atoms with E-state index in [1.54, 1.807) is 23.5 Å². The van der Waals surface area contributed by atoms with Crippen molar-refractivity contribution in [1.29, 1.82) is 0 Å². The predicted molar refractivity (Wildman–Crippen MR) is 84.8 cm³/mol. The van der Waals surface area contributed by atoms with Crippen LogP contribution in [0.5, 0.6) is 0 Å². The molecule has 0 saturated heterocycles. The van der Waals surface area contributed by atoms with Crippen LogP contribution < -0.4 is 0 Å². The second kappa shape index (κ2) is 8.91. The summed E-state index contributed by atoms with van der Waals surface area (Å²) in [7, 11) is -2.47. The van der Waals surface area contributed by atoms with Crippen molar-refractivity contribution in [1.82, 2.24) is 0 Å². The van der Waals surface area contributed by atoms with E-state index in [-0.39, 0.29) is 9.87 Å². The molecule has 0 heterocycles. The zero-order valence-corrected chi connectivity index (χ0v) is 15.0. The maximum absolute atomic E-state index is 12.1. The molecule has 0 spiro atoms. The molecule has 0 saturated carbocycles. The molecule has 0 aliphatic heterocycles. The van der Waals surface area contributed by atoms with Crippen LogP contribution in [0.2, 0.25) is 0 Å². The summed E-state index contributed by atoms with van der Waals surface area (Å²) in [5.74, 6) is 0. The third kappa shape index (κ3) is 5.09. The van der Waals surface area contributed by atoms with Gasteiger partial charge in [0.25, 0.3) is 0 Å². The van der Waals surface area contributed by atoms with Gasteiger partial charge in [0.1, 0.15) is 9.87 Å². The molecule has 0 radical (unpaired) electrons. The van der Waals surface area contributed by atoms with Crippen molar-refractivity contribution in [2.24, 2.45) is 0 Å². The number of thioether (sulfide) groups is 2. The molecule has 3 nitrogen and oxygen atoms in total. The maximum Gasteiger partial charge on any atom is 0.321 e. The highest BCUT2D eigenvalue weighted by atomic mass is 32.2. The van der Waals surface area contributed by atoms with Crippen LogP contribution in [0.3, 0.4) is 0 Å². The van der Waals surface area contributed by atoms with E-state index in [1.165, 1.54) is 0 Å². The van der Waals surface area contributed by atoms with Gasteiger partial charge in [-0.2, -0.15) is 0 Å². The van der Waals surface area contributed by atoms with E-state index in [0.29, 0.717) is 0 Å². The fraction of sp³-hybridized carbons (Fsp3) is 1.00. The highest BCUT2D eigenvalue weighted by Crippen LogP contribution is 2.47. The van der Waals surface area contributed by atoms with Crippen LogP contribution in [0.4, 0.5) is 0 Å². The molecule has 0 aliphatic rings. The van der Waals surface area contributed by atoms with E-state index in [2.05, 4.69) is 27.7 Å². The van der Waals surface area contributed by atoms with Gasteiger partial charge in [0, 0.05) is 0 Å². The van der Waals surface area contributed by atoms with Crippen molar-refractivity contribution >= 4 is 31.8 Å². The minimum Gasteiger partial charge on any atom is -0.293 e. The zero-order chi connectivity index (χ0) is 14.2. The summed E-state index contributed by atoms with van der Waals surface area (Å²) in [6.07, 6.45) is 7.29. The van der Waals surface area contributed by atoms with Gasteiger partial charge in [0.05, 0.1) is 0 Å². The van der Waals surface area contributed by atoms with Gasteiger partial charge in [-0.1, -0.05) is 27.7 Å². The standard InChI is InChI=1S/C12H27O3PS2/c1-7-11(8-2,17-5)14-16(13)15-12(9-3,10-4)18-6/h16H,7-10H2,1-6H3. The lowest BCUT2D eigenvalue weighted by Gasteiger charge is -2.33. The SMILES string of the molecule is CCC(CC)(O[PH](=O)OC(CC)(CC)SC)SC. The van der Waals surface area contributed by atoms with Crippen molar-refractivity contribution < 1.29 is 13.6 Å². The fourth-order valence-electron chi connectivity index (χ4n) is 1.77. The molecule has 110 valence electrons. The Morgan fingerprint density at radius 3 is 1.28 bits per heavy atom. The molecule has 0 atom stereocenters. The van der Waals surface area contributed by atoms with Gasteiger partial charge in [-0.3, -0.25) is 13.6 Å². The van der Waals surface area contributed by atoms with Crippen LogP contribution in [-0.2, 0) is 13.6 Å². The number of rotatable bonds is 10. The third-order valence-electron chi connectivity index (χ3n) is 3.44. The van der Waals surface area contributed by atoms with E-state index in [4.69, 9.17) is 9.05 Å². The average Bonchev–Trinajstić information content (AvgIpc) is 2.42. The molecule has 0 aromatic carbocycles. The van der Waals surface area contributed by atoms with E-state index in [0.717, 1.165) is 25.7 Å². The molecule has 0 bridgehead atoms.